The molecule has 0 radical (unpaired) electrons. The van der Waals surface area contributed by atoms with E-state index in [1.54, 1.807) is 24.4 Å². The summed E-state index contributed by atoms with van der Waals surface area (Å²) < 4.78 is 24.9. The minimum Gasteiger partial charge on any atom is -0.294 e. The Morgan fingerprint density at radius 3 is 2.47 bits per heavy atom. The molecule has 1 aliphatic rings. The molecule has 1 saturated heterocycles. The van der Waals surface area contributed by atoms with Gasteiger partial charge in [0.2, 0.25) is 21.8 Å². The summed E-state index contributed by atoms with van der Waals surface area (Å²) in [7, 11) is -3.64. The normalized spacial score (nSPS) is 17.3. The first-order chi connectivity index (χ1) is 8.97. The van der Waals surface area contributed by atoms with Gasteiger partial charge in [-0.15, -0.1) is 0 Å². The molecule has 0 bridgehead atoms. The highest BCUT2D eigenvalue weighted by Gasteiger charge is 2.31. The first-order valence-electron chi connectivity index (χ1n) is 5.68. The van der Waals surface area contributed by atoms with Crippen molar-refractivity contribution in [2.45, 2.75) is 6.42 Å². The number of carbonyl (C=O) groups is 2. The SMILES string of the molecule is O=C1CN(S(=O)(=O)CCc2ccccn2)CC(=O)N1. The molecule has 1 aromatic rings. The predicted octanol–water partition coefficient (Wildman–Crippen LogP) is -1.09. The fourth-order valence-corrected chi connectivity index (χ4v) is 3.07. The number of aromatic nitrogens is 1. The van der Waals surface area contributed by atoms with Gasteiger partial charge in [-0.05, 0) is 12.1 Å². The van der Waals surface area contributed by atoms with Crippen molar-refractivity contribution in [3.05, 3.63) is 30.1 Å². The largest absolute Gasteiger partial charge is 0.294 e. The van der Waals surface area contributed by atoms with Crippen LogP contribution in [0.2, 0.25) is 0 Å². The second-order valence-corrected chi connectivity index (χ2v) is 6.21. The van der Waals surface area contributed by atoms with E-state index in [4.69, 9.17) is 0 Å². The lowest BCUT2D eigenvalue weighted by Gasteiger charge is -2.24. The van der Waals surface area contributed by atoms with Gasteiger partial charge in [-0.1, -0.05) is 6.07 Å². The van der Waals surface area contributed by atoms with Crippen molar-refractivity contribution < 1.29 is 18.0 Å². The molecule has 2 heterocycles. The fourth-order valence-electron chi connectivity index (χ4n) is 1.72. The van der Waals surface area contributed by atoms with Crippen LogP contribution in [0, 0.1) is 0 Å². The number of nitrogens with one attached hydrogen (secondary N) is 1. The molecule has 1 aliphatic heterocycles. The van der Waals surface area contributed by atoms with Gasteiger partial charge in [0, 0.05) is 18.3 Å². The highest BCUT2D eigenvalue weighted by molar-refractivity contribution is 7.89. The number of hydrogen-bond acceptors (Lipinski definition) is 5. The molecule has 0 atom stereocenters. The maximum atomic E-state index is 12.0. The van der Waals surface area contributed by atoms with E-state index < -0.39 is 21.8 Å². The highest BCUT2D eigenvalue weighted by Crippen LogP contribution is 2.07. The Labute approximate surface area is 110 Å². The van der Waals surface area contributed by atoms with E-state index in [-0.39, 0.29) is 25.3 Å². The summed E-state index contributed by atoms with van der Waals surface area (Å²) in [4.78, 5) is 26.3. The van der Waals surface area contributed by atoms with Crippen LogP contribution >= 0.6 is 0 Å². The summed E-state index contributed by atoms with van der Waals surface area (Å²) in [5.74, 6) is -1.37. The van der Waals surface area contributed by atoms with Gasteiger partial charge in [-0.25, -0.2) is 8.42 Å². The Balaban J connectivity index is 2.02. The van der Waals surface area contributed by atoms with Crippen molar-refractivity contribution >= 4 is 21.8 Å². The first kappa shape index (κ1) is 13.6. The Morgan fingerprint density at radius 1 is 1.21 bits per heavy atom. The molecular formula is C11H13N3O4S. The maximum absolute atomic E-state index is 12.0. The van der Waals surface area contributed by atoms with Crippen molar-refractivity contribution in [2.24, 2.45) is 0 Å². The Morgan fingerprint density at radius 2 is 1.89 bits per heavy atom. The van der Waals surface area contributed by atoms with Gasteiger partial charge in [0.15, 0.2) is 0 Å². The van der Waals surface area contributed by atoms with Crippen molar-refractivity contribution in [1.29, 1.82) is 0 Å². The Bertz CT molecular complexity index is 569. The van der Waals surface area contributed by atoms with Gasteiger partial charge in [0.25, 0.3) is 0 Å². The zero-order valence-corrected chi connectivity index (χ0v) is 10.9. The van der Waals surface area contributed by atoms with Crippen molar-refractivity contribution in [1.82, 2.24) is 14.6 Å². The molecule has 1 fully saturated rings. The van der Waals surface area contributed by atoms with Gasteiger partial charge < -0.3 is 0 Å². The van der Waals surface area contributed by atoms with E-state index in [1.807, 2.05) is 0 Å². The molecule has 8 heteroatoms. The van der Waals surface area contributed by atoms with Crippen LogP contribution in [0.25, 0.3) is 0 Å². The fraction of sp³-hybridized carbons (Fsp3) is 0.364. The number of rotatable bonds is 4. The van der Waals surface area contributed by atoms with Crippen LogP contribution in [-0.2, 0) is 26.0 Å². The van der Waals surface area contributed by atoms with Crippen molar-refractivity contribution in [2.75, 3.05) is 18.8 Å². The van der Waals surface area contributed by atoms with Gasteiger partial charge in [0.05, 0.1) is 18.8 Å². The Kier molecular flexibility index (Phi) is 3.91. The first-order valence-corrected chi connectivity index (χ1v) is 7.29. The standard InChI is InChI=1S/C11H13N3O4S/c15-10-7-14(8-11(16)13-10)19(17,18)6-4-9-3-1-2-5-12-9/h1-3,5H,4,6-8H2,(H,13,15,16). The monoisotopic (exact) mass is 283 g/mol. The minimum absolute atomic E-state index is 0.176. The quantitative estimate of drug-likeness (QED) is 0.708. The summed E-state index contributed by atoms with van der Waals surface area (Å²) in [6.45, 7) is -0.618. The third-order valence-electron chi connectivity index (χ3n) is 2.65. The average Bonchev–Trinajstić information content (AvgIpc) is 2.37. The number of imide groups is 1. The van der Waals surface area contributed by atoms with E-state index in [0.717, 1.165) is 4.31 Å². The lowest BCUT2D eigenvalue weighted by molar-refractivity contribution is -0.134. The number of carbonyl (C=O) groups excluding carboxylic acids is 2. The molecule has 0 spiro atoms. The molecule has 0 saturated carbocycles. The number of sulfonamides is 1. The molecule has 0 aromatic carbocycles. The number of pyridine rings is 1. The van der Waals surface area contributed by atoms with Crippen molar-refractivity contribution in [3.8, 4) is 0 Å². The summed E-state index contributed by atoms with van der Waals surface area (Å²) in [5, 5.41) is 2.06. The predicted molar refractivity (Wildman–Crippen MR) is 66.5 cm³/mol. The molecule has 102 valence electrons. The topological polar surface area (TPSA) is 96.4 Å². The average molecular weight is 283 g/mol. The molecule has 1 N–H and O–H groups in total. The van der Waals surface area contributed by atoms with Crippen LogP contribution in [0.3, 0.4) is 0 Å². The number of hydrogen-bond donors (Lipinski definition) is 1. The molecule has 2 rings (SSSR count). The lowest BCUT2D eigenvalue weighted by atomic mass is 10.3. The third kappa shape index (κ3) is 3.58. The van der Waals surface area contributed by atoms with Gasteiger partial charge in [-0.2, -0.15) is 4.31 Å². The second-order valence-electron chi connectivity index (χ2n) is 4.13. The molecule has 0 aliphatic carbocycles. The number of piperazine rings is 1. The van der Waals surface area contributed by atoms with Crippen LogP contribution in [0.5, 0.6) is 0 Å². The summed E-state index contributed by atoms with van der Waals surface area (Å²) >= 11 is 0. The van der Waals surface area contributed by atoms with Gasteiger partial charge in [0.1, 0.15) is 0 Å². The smallest absolute Gasteiger partial charge is 0.241 e. The molecule has 0 unspecified atom stereocenters. The number of aryl methyl sites for hydroxylation is 1. The molecule has 19 heavy (non-hydrogen) atoms. The van der Waals surface area contributed by atoms with Crippen LogP contribution in [-0.4, -0.2) is 48.4 Å². The van der Waals surface area contributed by atoms with Crippen LogP contribution in [0.15, 0.2) is 24.4 Å². The summed E-state index contributed by atoms with van der Waals surface area (Å²) in [5.41, 5.74) is 0.652. The summed E-state index contributed by atoms with van der Waals surface area (Å²) in [6.07, 6.45) is 1.83. The molecule has 2 amide bonds. The van der Waals surface area contributed by atoms with E-state index in [0.29, 0.717) is 5.69 Å². The number of amides is 2. The van der Waals surface area contributed by atoms with E-state index in [1.165, 1.54) is 0 Å². The second kappa shape index (κ2) is 5.45. The van der Waals surface area contributed by atoms with Crippen LogP contribution in [0.4, 0.5) is 0 Å². The third-order valence-corrected chi connectivity index (χ3v) is 4.42. The Hall–Kier alpha value is -1.80. The van der Waals surface area contributed by atoms with Gasteiger partial charge in [-0.3, -0.25) is 19.9 Å². The van der Waals surface area contributed by atoms with Gasteiger partial charge >= 0.3 is 0 Å². The van der Waals surface area contributed by atoms with Crippen molar-refractivity contribution in [3.63, 3.8) is 0 Å². The van der Waals surface area contributed by atoms with Crippen LogP contribution < -0.4 is 5.32 Å². The van der Waals surface area contributed by atoms with E-state index in [9.17, 15) is 18.0 Å². The lowest BCUT2D eigenvalue weighted by Crippen LogP contribution is -2.53. The molecular weight excluding hydrogens is 270 g/mol. The zero-order valence-electron chi connectivity index (χ0n) is 10.1. The minimum atomic E-state index is -3.64. The molecule has 7 nitrogen and oxygen atoms in total. The highest BCUT2D eigenvalue weighted by atomic mass is 32.2. The van der Waals surface area contributed by atoms with Crippen LogP contribution in [0.1, 0.15) is 5.69 Å². The van der Waals surface area contributed by atoms with E-state index in [2.05, 4.69) is 10.3 Å². The zero-order chi connectivity index (χ0) is 13.9. The maximum Gasteiger partial charge on any atom is 0.241 e. The molecule has 1 aromatic heterocycles. The van der Waals surface area contributed by atoms with E-state index >= 15 is 0 Å². The summed E-state index contributed by atoms with van der Waals surface area (Å²) in [6, 6.07) is 5.24. The number of nitrogens with zero attached hydrogens (tertiary/aromatic N) is 2.